The third-order valence-corrected chi connectivity index (χ3v) is 7.38. The van der Waals surface area contributed by atoms with Crippen LogP contribution in [-0.2, 0) is 16.6 Å². The fraction of sp³-hybridized carbons (Fsp3) is 0.692. The van der Waals surface area contributed by atoms with Crippen LogP contribution in [-0.4, -0.2) is 55.5 Å². The van der Waals surface area contributed by atoms with E-state index in [-0.39, 0.29) is 12.6 Å². The molecule has 114 valence electrons. The Labute approximate surface area is 124 Å². The molecule has 1 saturated heterocycles. The van der Waals surface area contributed by atoms with Crippen molar-refractivity contribution in [2.45, 2.75) is 37.1 Å². The summed E-state index contributed by atoms with van der Waals surface area (Å²) in [5, 5.41) is 9.23. The van der Waals surface area contributed by atoms with Crippen LogP contribution in [0, 0.1) is 6.92 Å². The van der Waals surface area contributed by atoms with E-state index in [0.717, 1.165) is 30.0 Å². The summed E-state index contributed by atoms with van der Waals surface area (Å²) >= 11 is 1.18. The summed E-state index contributed by atoms with van der Waals surface area (Å²) in [5.74, 6) is 0. The minimum absolute atomic E-state index is 0.0347. The fourth-order valence-corrected chi connectivity index (χ4v) is 5.84. The highest BCUT2D eigenvalue weighted by Gasteiger charge is 2.32. The summed E-state index contributed by atoms with van der Waals surface area (Å²) in [6.45, 7) is 5.90. The molecule has 2 rings (SSSR count). The average Bonchev–Trinajstić information content (AvgIpc) is 2.66. The van der Waals surface area contributed by atoms with Crippen molar-refractivity contribution >= 4 is 21.4 Å². The van der Waals surface area contributed by atoms with Crippen LogP contribution in [0.15, 0.2) is 10.3 Å². The fourth-order valence-electron chi connectivity index (χ4n) is 2.60. The number of rotatable bonds is 3. The van der Waals surface area contributed by atoms with Gasteiger partial charge in [0.25, 0.3) is 10.0 Å². The zero-order valence-electron chi connectivity index (χ0n) is 12.2. The summed E-state index contributed by atoms with van der Waals surface area (Å²) < 4.78 is 27.5. The van der Waals surface area contributed by atoms with E-state index in [2.05, 4.69) is 4.90 Å². The molecule has 1 aromatic heterocycles. The molecule has 1 aromatic rings. The Kier molecular flexibility index (Phi) is 4.86. The van der Waals surface area contributed by atoms with E-state index < -0.39 is 10.0 Å². The first-order valence-electron chi connectivity index (χ1n) is 6.77. The Bertz CT molecular complexity index is 568. The van der Waals surface area contributed by atoms with Crippen molar-refractivity contribution in [3.05, 3.63) is 16.5 Å². The van der Waals surface area contributed by atoms with Crippen molar-refractivity contribution in [1.82, 2.24) is 9.21 Å². The van der Waals surface area contributed by atoms with Crippen LogP contribution >= 0.6 is 11.3 Å². The SMILES string of the molecule is Cc1cc(S(=O)(=O)N2CCCN(C)CC2C)sc1CO. The van der Waals surface area contributed by atoms with Gasteiger partial charge in [-0.2, -0.15) is 4.31 Å². The number of likely N-dealkylation sites (N-methyl/N-ethyl adjacent to an activating group) is 1. The maximum atomic E-state index is 12.8. The monoisotopic (exact) mass is 318 g/mol. The van der Waals surface area contributed by atoms with E-state index in [1.165, 1.54) is 11.3 Å². The number of aliphatic hydroxyl groups excluding tert-OH is 1. The molecule has 1 atom stereocenters. The Morgan fingerprint density at radius 2 is 2.15 bits per heavy atom. The van der Waals surface area contributed by atoms with Gasteiger partial charge in [-0.25, -0.2) is 8.42 Å². The van der Waals surface area contributed by atoms with E-state index in [0.29, 0.717) is 10.8 Å². The van der Waals surface area contributed by atoms with Crippen molar-refractivity contribution in [2.24, 2.45) is 0 Å². The molecule has 0 aliphatic carbocycles. The van der Waals surface area contributed by atoms with E-state index in [1.54, 1.807) is 10.4 Å². The van der Waals surface area contributed by atoms with Gasteiger partial charge in [0.2, 0.25) is 0 Å². The molecule has 5 nitrogen and oxygen atoms in total. The highest BCUT2D eigenvalue weighted by Crippen LogP contribution is 2.30. The summed E-state index contributed by atoms with van der Waals surface area (Å²) in [6, 6.07) is 1.64. The minimum Gasteiger partial charge on any atom is -0.391 e. The van der Waals surface area contributed by atoms with E-state index >= 15 is 0 Å². The largest absolute Gasteiger partial charge is 0.391 e. The number of nitrogens with zero attached hydrogens (tertiary/aromatic N) is 2. The molecule has 20 heavy (non-hydrogen) atoms. The van der Waals surface area contributed by atoms with Crippen LogP contribution in [0.25, 0.3) is 0 Å². The normalized spacial score (nSPS) is 22.9. The van der Waals surface area contributed by atoms with Gasteiger partial charge in [0.15, 0.2) is 0 Å². The van der Waals surface area contributed by atoms with Gasteiger partial charge in [-0.05, 0) is 45.5 Å². The van der Waals surface area contributed by atoms with Gasteiger partial charge in [0, 0.05) is 24.0 Å². The molecule has 1 aliphatic rings. The van der Waals surface area contributed by atoms with E-state index in [9.17, 15) is 13.5 Å². The van der Waals surface area contributed by atoms with Gasteiger partial charge in [0.1, 0.15) is 4.21 Å². The first-order chi connectivity index (χ1) is 9.36. The summed E-state index contributed by atoms with van der Waals surface area (Å²) in [7, 11) is -1.44. The molecule has 1 N–H and O–H groups in total. The van der Waals surface area contributed by atoms with Crippen molar-refractivity contribution < 1.29 is 13.5 Å². The second-order valence-corrected chi connectivity index (χ2v) is 8.66. The molecule has 0 amide bonds. The molecule has 1 fully saturated rings. The van der Waals surface area contributed by atoms with Gasteiger partial charge >= 0.3 is 0 Å². The lowest BCUT2D eigenvalue weighted by Crippen LogP contribution is -2.41. The lowest BCUT2D eigenvalue weighted by Gasteiger charge is -2.26. The Morgan fingerprint density at radius 1 is 1.45 bits per heavy atom. The second kappa shape index (κ2) is 6.11. The highest BCUT2D eigenvalue weighted by molar-refractivity contribution is 7.91. The van der Waals surface area contributed by atoms with Gasteiger partial charge < -0.3 is 10.0 Å². The molecule has 7 heteroatoms. The predicted octanol–water partition coefficient (Wildman–Crippen LogP) is 1.26. The smallest absolute Gasteiger partial charge is 0.252 e. The Hall–Kier alpha value is -0.470. The predicted molar refractivity (Wildman–Crippen MR) is 80.4 cm³/mol. The van der Waals surface area contributed by atoms with Crippen molar-refractivity contribution in [3.63, 3.8) is 0 Å². The van der Waals surface area contributed by atoms with Crippen molar-refractivity contribution in [2.75, 3.05) is 26.7 Å². The average molecular weight is 318 g/mol. The number of hydrogen-bond donors (Lipinski definition) is 1. The summed E-state index contributed by atoms with van der Waals surface area (Å²) in [4.78, 5) is 2.89. The van der Waals surface area contributed by atoms with Crippen LogP contribution in [0.1, 0.15) is 23.8 Å². The van der Waals surface area contributed by atoms with Gasteiger partial charge in [-0.3, -0.25) is 0 Å². The molecule has 2 heterocycles. The Balaban J connectivity index is 2.33. The minimum atomic E-state index is -3.46. The first kappa shape index (κ1) is 15.9. The lowest BCUT2D eigenvalue weighted by molar-refractivity contribution is 0.285. The van der Waals surface area contributed by atoms with Gasteiger partial charge in [-0.1, -0.05) is 0 Å². The third kappa shape index (κ3) is 3.07. The van der Waals surface area contributed by atoms with E-state index in [4.69, 9.17) is 0 Å². The molecule has 0 saturated carbocycles. The molecule has 0 bridgehead atoms. The number of sulfonamides is 1. The first-order valence-corrected chi connectivity index (χ1v) is 9.02. The standard InChI is InChI=1S/C13H22N2O3S2/c1-10-7-13(19-12(10)9-16)20(17,18)15-6-4-5-14(3)8-11(15)2/h7,11,16H,4-6,8-9H2,1-3H3. The van der Waals surface area contributed by atoms with Crippen LogP contribution in [0.5, 0.6) is 0 Å². The summed E-state index contributed by atoms with van der Waals surface area (Å²) in [5.41, 5.74) is 0.843. The van der Waals surface area contributed by atoms with Crippen molar-refractivity contribution in [3.8, 4) is 0 Å². The van der Waals surface area contributed by atoms with Crippen LogP contribution in [0.3, 0.4) is 0 Å². The molecule has 0 aromatic carbocycles. The molecular weight excluding hydrogens is 296 g/mol. The highest BCUT2D eigenvalue weighted by atomic mass is 32.2. The topological polar surface area (TPSA) is 60.9 Å². The Morgan fingerprint density at radius 3 is 2.75 bits per heavy atom. The lowest BCUT2D eigenvalue weighted by atomic mass is 10.3. The summed E-state index contributed by atoms with van der Waals surface area (Å²) in [6.07, 6.45) is 0.845. The third-order valence-electron chi connectivity index (χ3n) is 3.69. The zero-order valence-corrected chi connectivity index (χ0v) is 13.8. The van der Waals surface area contributed by atoms with Crippen molar-refractivity contribution in [1.29, 1.82) is 0 Å². The number of hydrogen-bond acceptors (Lipinski definition) is 5. The molecule has 1 aliphatic heterocycles. The van der Waals surface area contributed by atoms with E-state index in [1.807, 2.05) is 20.9 Å². The molecule has 1 unspecified atom stereocenters. The van der Waals surface area contributed by atoms with Crippen LogP contribution < -0.4 is 0 Å². The number of thiophene rings is 1. The second-order valence-electron chi connectivity index (χ2n) is 5.41. The van der Waals surface area contributed by atoms with Gasteiger partial charge in [0.05, 0.1) is 6.61 Å². The zero-order chi connectivity index (χ0) is 14.9. The molecular formula is C13H22N2O3S2. The maximum Gasteiger partial charge on any atom is 0.252 e. The molecule has 0 spiro atoms. The number of aliphatic hydroxyl groups is 1. The number of aryl methyl sites for hydroxylation is 1. The quantitative estimate of drug-likeness (QED) is 0.911. The molecule has 0 radical (unpaired) electrons. The van der Waals surface area contributed by atoms with Gasteiger partial charge in [-0.15, -0.1) is 11.3 Å². The maximum absolute atomic E-state index is 12.8. The van der Waals surface area contributed by atoms with Crippen LogP contribution in [0.2, 0.25) is 0 Å². The van der Waals surface area contributed by atoms with Crippen LogP contribution in [0.4, 0.5) is 0 Å².